The van der Waals surface area contributed by atoms with Gasteiger partial charge in [0.1, 0.15) is 0 Å². The first kappa shape index (κ1) is 11.3. The number of nitrogens with two attached hydrogens (primary N) is 1. The highest BCUT2D eigenvalue weighted by molar-refractivity contribution is 5.44. The molecule has 0 atom stereocenters. The highest BCUT2D eigenvalue weighted by Crippen LogP contribution is 2.30. The lowest BCUT2D eigenvalue weighted by molar-refractivity contribution is 0.358. The summed E-state index contributed by atoms with van der Waals surface area (Å²) in [6, 6.07) is 5.75. The molecule has 0 bridgehead atoms. The summed E-state index contributed by atoms with van der Waals surface area (Å²) in [5.74, 6) is 1.14. The first-order chi connectivity index (χ1) is 8.24. The van der Waals surface area contributed by atoms with Crippen molar-refractivity contribution in [2.75, 3.05) is 7.11 Å². The molecule has 0 aliphatic rings. The Balaban J connectivity index is 2.29. The molecule has 7 nitrogen and oxygen atoms in total. The van der Waals surface area contributed by atoms with E-state index >= 15 is 0 Å². The zero-order valence-corrected chi connectivity index (χ0v) is 9.62. The van der Waals surface area contributed by atoms with Gasteiger partial charge in [0.25, 0.3) is 0 Å². The van der Waals surface area contributed by atoms with Crippen LogP contribution in [0.2, 0.25) is 0 Å². The number of tetrazole rings is 1. The van der Waals surface area contributed by atoms with Crippen molar-refractivity contribution in [3.63, 3.8) is 0 Å². The van der Waals surface area contributed by atoms with E-state index in [1.54, 1.807) is 20.2 Å². The summed E-state index contributed by atoms with van der Waals surface area (Å²) >= 11 is 0. The number of hydrogen-bond donors (Lipinski definition) is 1. The lowest BCUT2D eigenvalue weighted by Gasteiger charge is -2.09. The molecule has 2 aromatic rings. The quantitative estimate of drug-likeness (QED) is 0.828. The molecule has 0 saturated heterocycles. The van der Waals surface area contributed by atoms with Crippen LogP contribution in [0, 0.1) is 0 Å². The number of rotatable bonds is 4. The van der Waals surface area contributed by atoms with Gasteiger partial charge in [0.2, 0.25) is 0 Å². The topological polar surface area (TPSA) is 88.1 Å². The zero-order valence-electron chi connectivity index (χ0n) is 9.62. The number of aromatic nitrogens is 4. The van der Waals surface area contributed by atoms with E-state index in [9.17, 15) is 0 Å². The van der Waals surface area contributed by atoms with Crippen LogP contribution in [-0.2, 0) is 13.6 Å². The molecule has 90 valence electrons. The second-order valence-electron chi connectivity index (χ2n) is 3.38. The minimum absolute atomic E-state index is 0.295. The maximum Gasteiger partial charge on any atom is 0.340 e. The average Bonchev–Trinajstić information content (AvgIpc) is 2.75. The molecule has 0 saturated carbocycles. The largest absolute Gasteiger partial charge is 0.493 e. The number of hydrogen-bond acceptors (Lipinski definition) is 6. The summed E-state index contributed by atoms with van der Waals surface area (Å²) in [6.45, 7) is 0.447. The minimum Gasteiger partial charge on any atom is -0.493 e. The van der Waals surface area contributed by atoms with E-state index in [-0.39, 0.29) is 0 Å². The summed E-state index contributed by atoms with van der Waals surface area (Å²) in [5, 5.41) is 10.9. The lowest BCUT2D eigenvalue weighted by atomic mass is 10.2. The Kier molecular flexibility index (Phi) is 3.20. The van der Waals surface area contributed by atoms with Crippen molar-refractivity contribution in [3.8, 4) is 17.5 Å². The molecule has 0 aliphatic heterocycles. The predicted molar refractivity (Wildman–Crippen MR) is 59.8 cm³/mol. The maximum atomic E-state index is 5.55. The van der Waals surface area contributed by atoms with Crippen molar-refractivity contribution in [1.82, 2.24) is 20.2 Å². The molecule has 0 amide bonds. The molecule has 2 N–H and O–H groups in total. The first-order valence-electron chi connectivity index (χ1n) is 5.01. The van der Waals surface area contributed by atoms with Crippen LogP contribution < -0.4 is 15.2 Å². The number of methoxy groups -OCH3 is 1. The number of benzene rings is 1. The summed E-state index contributed by atoms with van der Waals surface area (Å²) in [4.78, 5) is 0. The standard InChI is InChI=1S/C10H13N5O2/c1-15-10(12-13-14-15)17-8-4-3-7(6-11)5-9(8)16-2/h3-5H,6,11H2,1-2H3. The van der Waals surface area contributed by atoms with Crippen molar-refractivity contribution in [1.29, 1.82) is 0 Å². The normalized spacial score (nSPS) is 10.3. The van der Waals surface area contributed by atoms with Gasteiger partial charge in [0.15, 0.2) is 11.5 Å². The highest BCUT2D eigenvalue weighted by Gasteiger charge is 2.10. The average molecular weight is 235 g/mol. The van der Waals surface area contributed by atoms with Crippen LogP contribution >= 0.6 is 0 Å². The van der Waals surface area contributed by atoms with Crippen LogP contribution in [-0.4, -0.2) is 27.3 Å². The predicted octanol–water partition coefficient (Wildman–Crippen LogP) is 0.470. The van der Waals surface area contributed by atoms with Gasteiger partial charge in [-0.2, -0.15) is 4.68 Å². The van der Waals surface area contributed by atoms with Gasteiger partial charge in [-0.25, -0.2) is 0 Å². The molecule has 1 aromatic heterocycles. The molecule has 0 fully saturated rings. The molecule has 1 aromatic carbocycles. The molecular weight excluding hydrogens is 222 g/mol. The van der Waals surface area contributed by atoms with Gasteiger partial charge >= 0.3 is 6.01 Å². The van der Waals surface area contributed by atoms with Crippen LogP contribution in [0.15, 0.2) is 18.2 Å². The molecule has 0 unspecified atom stereocenters. The molecule has 0 aliphatic carbocycles. The van der Waals surface area contributed by atoms with Gasteiger partial charge < -0.3 is 15.2 Å². The van der Waals surface area contributed by atoms with Crippen molar-refractivity contribution < 1.29 is 9.47 Å². The van der Waals surface area contributed by atoms with Gasteiger partial charge in [0.05, 0.1) is 7.11 Å². The molecular formula is C10H13N5O2. The maximum absolute atomic E-state index is 5.55. The third-order valence-corrected chi connectivity index (χ3v) is 2.25. The van der Waals surface area contributed by atoms with Gasteiger partial charge in [0, 0.05) is 13.6 Å². The molecule has 1 heterocycles. The molecule has 7 heteroatoms. The van der Waals surface area contributed by atoms with E-state index in [4.69, 9.17) is 15.2 Å². The van der Waals surface area contributed by atoms with E-state index < -0.39 is 0 Å². The number of ether oxygens (including phenoxy) is 2. The van der Waals surface area contributed by atoms with Crippen molar-refractivity contribution >= 4 is 0 Å². The van der Waals surface area contributed by atoms with E-state index in [2.05, 4.69) is 15.5 Å². The van der Waals surface area contributed by atoms with E-state index in [1.807, 2.05) is 12.1 Å². The van der Waals surface area contributed by atoms with E-state index in [1.165, 1.54) is 4.68 Å². The van der Waals surface area contributed by atoms with E-state index in [0.717, 1.165) is 5.56 Å². The number of nitrogens with zero attached hydrogens (tertiary/aromatic N) is 4. The molecule has 0 radical (unpaired) electrons. The van der Waals surface area contributed by atoms with Gasteiger partial charge in [-0.3, -0.25) is 0 Å². The van der Waals surface area contributed by atoms with Crippen LogP contribution in [0.5, 0.6) is 17.5 Å². The second kappa shape index (κ2) is 4.79. The fraction of sp³-hybridized carbons (Fsp3) is 0.300. The Morgan fingerprint density at radius 2 is 2.18 bits per heavy atom. The molecule has 17 heavy (non-hydrogen) atoms. The van der Waals surface area contributed by atoms with Gasteiger partial charge in [-0.15, -0.1) is 0 Å². The van der Waals surface area contributed by atoms with Gasteiger partial charge in [-0.1, -0.05) is 11.2 Å². The molecule has 2 rings (SSSR count). The summed E-state index contributed by atoms with van der Waals surface area (Å²) in [5.41, 5.74) is 6.51. The van der Waals surface area contributed by atoms with Crippen molar-refractivity contribution in [2.24, 2.45) is 12.8 Å². The Hall–Kier alpha value is -2.15. The Morgan fingerprint density at radius 1 is 1.35 bits per heavy atom. The van der Waals surface area contributed by atoms with Crippen LogP contribution in [0.25, 0.3) is 0 Å². The fourth-order valence-corrected chi connectivity index (χ4v) is 1.33. The van der Waals surface area contributed by atoms with Crippen molar-refractivity contribution in [3.05, 3.63) is 23.8 Å². The Labute approximate surface area is 98.1 Å². The fourth-order valence-electron chi connectivity index (χ4n) is 1.33. The van der Waals surface area contributed by atoms with Crippen molar-refractivity contribution in [2.45, 2.75) is 6.54 Å². The van der Waals surface area contributed by atoms with Crippen LogP contribution in [0.3, 0.4) is 0 Å². The zero-order chi connectivity index (χ0) is 12.3. The van der Waals surface area contributed by atoms with Crippen LogP contribution in [0.1, 0.15) is 5.56 Å². The number of aryl methyl sites for hydroxylation is 1. The smallest absolute Gasteiger partial charge is 0.340 e. The summed E-state index contributed by atoms with van der Waals surface area (Å²) in [6.07, 6.45) is 0. The SMILES string of the molecule is COc1cc(CN)ccc1Oc1nnnn1C. The third kappa shape index (κ3) is 2.34. The molecule has 0 spiro atoms. The van der Waals surface area contributed by atoms with Gasteiger partial charge in [-0.05, 0) is 28.1 Å². The highest BCUT2D eigenvalue weighted by atomic mass is 16.5. The summed E-state index contributed by atoms with van der Waals surface area (Å²) < 4.78 is 12.2. The van der Waals surface area contributed by atoms with E-state index in [0.29, 0.717) is 24.1 Å². The Morgan fingerprint density at radius 3 is 2.76 bits per heavy atom. The monoisotopic (exact) mass is 235 g/mol. The Bertz CT molecular complexity index is 511. The third-order valence-electron chi connectivity index (χ3n) is 2.25. The first-order valence-corrected chi connectivity index (χ1v) is 5.01. The summed E-state index contributed by atoms with van der Waals surface area (Å²) in [7, 11) is 3.26. The second-order valence-corrected chi connectivity index (χ2v) is 3.38. The minimum atomic E-state index is 0.295. The van der Waals surface area contributed by atoms with Crippen LogP contribution in [0.4, 0.5) is 0 Å². The lowest BCUT2D eigenvalue weighted by Crippen LogP contribution is -2.00.